The van der Waals surface area contributed by atoms with Crippen molar-refractivity contribution in [2.75, 3.05) is 18.4 Å². The lowest BCUT2D eigenvalue weighted by Crippen LogP contribution is -2.28. The van der Waals surface area contributed by atoms with Crippen LogP contribution in [0.3, 0.4) is 0 Å². The predicted octanol–water partition coefficient (Wildman–Crippen LogP) is 4.42. The van der Waals surface area contributed by atoms with Crippen molar-refractivity contribution < 1.29 is 4.74 Å². The van der Waals surface area contributed by atoms with Gasteiger partial charge in [-0.05, 0) is 55.1 Å². The molecule has 0 spiro atoms. The molecular formula is C23H22N6O. The molecule has 0 bridgehead atoms. The number of para-hydroxylation sites is 1. The van der Waals surface area contributed by atoms with E-state index < -0.39 is 0 Å². The summed E-state index contributed by atoms with van der Waals surface area (Å²) in [5.41, 5.74) is 2.20. The van der Waals surface area contributed by atoms with Crippen LogP contribution in [0.4, 0.5) is 11.8 Å². The maximum Gasteiger partial charge on any atom is 0.228 e. The number of rotatable bonds is 5. The summed E-state index contributed by atoms with van der Waals surface area (Å²) in [5.74, 6) is 2.99. The van der Waals surface area contributed by atoms with Crippen LogP contribution in [0.5, 0.6) is 11.5 Å². The van der Waals surface area contributed by atoms with E-state index in [1.165, 1.54) is 18.4 Å². The van der Waals surface area contributed by atoms with Crippen LogP contribution < -0.4 is 15.4 Å². The van der Waals surface area contributed by atoms with E-state index in [2.05, 4.69) is 48.8 Å². The number of nitrogens with zero attached hydrogens (tertiary/aromatic N) is 4. The van der Waals surface area contributed by atoms with Gasteiger partial charge in [0.1, 0.15) is 17.9 Å². The zero-order valence-corrected chi connectivity index (χ0v) is 16.5. The number of hydrogen-bond donors (Lipinski definition) is 2. The molecule has 150 valence electrons. The van der Waals surface area contributed by atoms with Crippen LogP contribution in [-0.4, -0.2) is 33.0 Å². The van der Waals surface area contributed by atoms with Crippen molar-refractivity contribution in [1.29, 1.82) is 0 Å². The summed E-state index contributed by atoms with van der Waals surface area (Å²) in [4.78, 5) is 17.6. The van der Waals surface area contributed by atoms with Crippen LogP contribution >= 0.6 is 0 Å². The van der Waals surface area contributed by atoms with Gasteiger partial charge in [0.25, 0.3) is 0 Å². The molecule has 0 amide bonds. The molecule has 1 unspecified atom stereocenters. The number of anilines is 2. The fourth-order valence-corrected chi connectivity index (χ4v) is 3.73. The van der Waals surface area contributed by atoms with Gasteiger partial charge >= 0.3 is 0 Å². The molecule has 7 nitrogen and oxygen atoms in total. The second-order valence-electron chi connectivity index (χ2n) is 7.32. The highest BCUT2D eigenvalue weighted by Gasteiger charge is 2.16. The summed E-state index contributed by atoms with van der Waals surface area (Å²) in [7, 11) is 0. The van der Waals surface area contributed by atoms with Crippen LogP contribution in [0.2, 0.25) is 0 Å². The average Bonchev–Trinajstić information content (AvgIpc) is 2.82. The normalized spacial score (nSPS) is 16.3. The van der Waals surface area contributed by atoms with E-state index in [4.69, 9.17) is 4.74 Å². The molecule has 2 aromatic heterocycles. The minimum absolute atomic E-state index is 0.458. The summed E-state index contributed by atoms with van der Waals surface area (Å²) in [6.45, 7) is 2.11. The third-order valence-corrected chi connectivity index (χ3v) is 5.26. The van der Waals surface area contributed by atoms with Crippen LogP contribution in [0.15, 0.2) is 67.3 Å². The highest BCUT2D eigenvalue weighted by molar-refractivity contribution is 5.90. The van der Waals surface area contributed by atoms with E-state index in [9.17, 15) is 0 Å². The second-order valence-corrected chi connectivity index (χ2v) is 7.32. The van der Waals surface area contributed by atoms with Crippen molar-refractivity contribution in [2.45, 2.75) is 18.8 Å². The summed E-state index contributed by atoms with van der Waals surface area (Å²) >= 11 is 0. The Balaban J connectivity index is 1.37. The quantitative estimate of drug-likeness (QED) is 0.515. The van der Waals surface area contributed by atoms with Crippen LogP contribution in [0, 0.1) is 0 Å². The first-order valence-corrected chi connectivity index (χ1v) is 10.1. The standard InChI is InChI=1S/C23H22N6O/c1-2-6-18(7-3-1)30-19-13-25-23(26-14-19)29-22-20-11-16(17-5-4-10-24-12-17)8-9-21(20)27-15-28-22/h1-3,6-9,11,13-15,17,24H,4-5,10,12H2,(H,25,26,27,28,29). The zero-order chi connectivity index (χ0) is 20.2. The highest BCUT2D eigenvalue weighted by Crippen LogP contribution is 2.29. The van der Waals surface area contributed by atoms with E-state index in [1.807, 2.05) is 30.3 Å². The van der Waals surface area contributed by atoms with E-state index >= 15 is 0 Å². The Morgan fingerprint density at radius 3 is 2.60 bits per heavy atom. The summed E-state index contributed by atoms with van der Waals surface area (Å²) in [6, 6.07) is 16.0. The molecule has 1 aliphatic heterocycles. The van der Waals surface area contributed by atoms with Crippen LogP contribution in [0.25, 0.3) is 10.9 Å². The molecule has 1 saturated heterocycles. The molecule has 2 aromatic carbocycles. The Labute approximate surface area is 174 Å². The number of aromatic nitrogens is 4. The van der Waals surface area contributed by atoms with Crippen LogP contribution in [0.1, 0.15) is 24.3 Å². The molecule has 0 aliphatic carbocycles. The first-order valence-electron chi connectivity index (χ1n) is 10.1. The van der Waals surface area contributed by atoms with E-state index in [1.54, 1.807) is 18.7 Å². The third-order valence-electron chi connectivity index (χ3n) is 5.26. The van der Waals surface area contributed by atoms with Crippen molar-refractivity contribution in [2.24, 2.45) is 0 Å². The van der Waals surface area contributed by atoms with Gasteiger partial charge < -0.3 is 15.4 Å². The molecule has 30 heavy (non-hydrogen) atoms. The van der Waals surface area contributed by atoms with Gasteiger partial charge in [-0.3, -0.25) is 0 Å². The predicted molar refractivity (Wildman–Crippen MR) is 116 cm³/mol. The molecule has 1 atom stereocenters. The smallest absolute Gasteiger partial charge is 0.228 e. The van der Waals surface area contributed by atoms with Gasteiger partial charge in [0.2, 0.25) is 5.95 Å². The number of fused-ring (bicyclic) bond motifs is 1. The van der Waals surface area contributed by atoms with Crippen LogP contribution in [-0.2, 0) is 0 Å². The monoisotopic (exact) mass is 398 g/mol. The lowest BCUT2D eigenvalue weighted by Gasteiger charge is -2.23. The van der Waals surface area contributed by atoms with Crippen molar-refractivity contribution in [3.63, 3.8) is 0 Å². The Hall–Kier alpha value is -3.58. The molecule has 0 radical (unpaired) electrons. The Morgan fingerprint density at radius 1 is 0.933 bits per heavy atom. The lowest BCUT2D eigenvalue weighted by molar-refractivity contribution is 0.462. The number of hydrogen-bond acceptors (Lipinski definition) is 7. The van der Waals surface area contributed by atoms with Gasteiger partial charge in [0.15, 0.2) is 5.75 Å². The molecule has 0 saturated carbocycles. The maximum absolute atomic E-state index is 5.75. The van der Waals surface area contributed by atoms with E-state index in [0.717, 1.165) is 29.7 Å². The number of benzene rings is 2. The van der Waals surface area contributed by atoms with Crippen molar-refractivity contribution in [1.82, 2.24) is 25.3 Å². The molecule has 5 rings (SSSR count). The molecule has 4 aromatic rings. The molecule has 1 aliphatic rings. The average molecular weight is 398 g/mol. The van der Waals surface area contributed by atoms with Gasteiger partial charge in [-0.25, -0.2) is 19.9 Å². The summed E-state index contributed by atoms with van der Waals surface area (Å²) in [6.07, 6.45) is 7.24. The van der Waals surface area contributed by atoms with Crippen molar-refractivity contribution in [3.05, 3.63) is 72.8 Å². The van der Waals surface area contributed by atoms with Gasteiger partial charge in [-0.2, -0.15) is 0 Å². The third kappa shape index (κ3) is 4.06. The fraction of sp³-hybridized carbons (Fsp3) is 0.217. The number of piperidine rings is 1. The molecular weight excluding hydrogens is 376 g/mol. The number of ether oxygens (including phenoxy) is 1. The lowest BCUT2D eigenvalue weighted by atomic mass is 9.91. The zero-order valence-electron chi connectivity index (χ0n) is 16.5. The second kappa shape index (κ2) is 8.42. The van der Waals surface area contributed by atoms with Gasteiger partial charge in [0.05, 0.1) is 17.9 Å². The first-order chi connectivity index (χ1) is 14.8. The van der Waals surface area contributed by atoms with Crippen molar-refractivity contribution in [3.8, 4) is 11.5 Å². The minimum atomic E-state index is 0.458. The number of nitrogens with one attached hydrogen (secondary N) is 2. The Bertz CT molecular complexity index is 1130. The Kier molecular flexibility index (Phi) is 5.18. The van der Waals surface area contributed by atoms with E-state index in [0.29, 0.717) is 23.4 Å². The van der Waals surface area contributed by atoms with Crippen molar-refractivity contribution >= 4 is 22.7 Å². The maximum atomic E-state index is 5.75. The van der Waals surface area contributed by atoms with E-state index in [-0.39, 0.29) is 0 Å². The first kappa shape index (κ1) is 18.4. The summed E-state index contributed by atoms with van der Waals surface area (Å²) < 4.78 is 5.75. The van der Waals surface area contributed by atoms with Gasteiger partial charge in [-0.1, -0.05) is 24.3 Å². The summed E-state index contributed by atoms with van der Waals surface area (Å²) in [5, 5.41) is 7.67. The molecule has 7 heteroatoms. The Morgan fingerprint density at radius 2 is 1.80 bits per heavy atom. The SMILES string of the molecule is c1ccc(Oc2cnc(Nc3ncnc4ccc(C5CCCNC5)cc34)nc2)cc1. The molecule has 3 heterocycles. The fourth-order valence-electron chi connectivity index (χ4n) is 3.73. The minimum Gasteiger partial charge on any atom is -0.454 e. The topological polar surface area (TPSA) is 84.8 Å². The van der Waals surface area contributed by atoms with Gasteiger partial charge in [0, 0.05) is 11.9 Å². The molecule has 2 N–H and O–H groups in total. The molecule has 1 fully saturated rings. The highest BCUT2D eigenvalue weighted by atomic mass is 16.5. The van der Waals surface area contributed by atoms with Gasteiger partial charge in [-0.15, -0.1) is 0 Å². The largest absolute Gasteiger partial charge is 0.454 e.